The standard InChI is InChI=1S/C14H20N2O2/c1-9(14(17)16-2)18-13-8-4-5-10-11(13)6-3-7-12(10)15/h4-5,8-9,12H,3,6-7,15H2,1-2H3,(H,16,17). The zero-order valence-electron chi connectivity index (χ0n) is 10.9. The monoisotopic (exact) mass is 248 g/mol. The molecular formula is C14H20N2O2. The van der Waals surface area contributed by atoms with E-state index in [9.17, 15) is 4.79 Å². The van der Waals surface area contributed by atoms with Crippen molar-refractivity contribution in [1.29, 1.82) is 0 Å². The van der Waals surface area contributed by atoms with Crippen LogP contribution in [0.15, 0.2) is 18.2 Å². The van der Waals surface area contributed by atoms with Gasteiger partial charge in [-0.2, -0.15) is 0 Å². The van der Waals surface area contributed by atoms with Crippen LogP contribution in [0.4, 0.5) is 0 Å². The van der Waals surface area contributed by atoms with E-state index in [1.54, 1.807) is 14.0 Å². The molecular weight excluding hydrogens is 228 g/mol. The second-order valence-corrected chi connectivity index (χ2v) is 4.70. The van der Waals surface area contributed by atoms with Crippen LogP contribution < -0.4 is 15.8 Å². The molecule has 18 heavy (non-hydrogen) atoms. The van der Waals surface area contributed by atoms with Crippen LogP contribution in [0, 0.1) is 0 Å². The summed E-state index contributed by atoms with van der Waals surface area (Å²) < 4.78 is 5.75. The third-order valence-corrected chi connectivity index (χ3v) is 3.43. The fourth-order valence-electron chi connectivity index (χ4n) is 2.41. The van der Waals surface area contributed by atoms with Gasteiger partial charge in [0.25, 0.3) is 5.91 Å². The molecule has 98 valence electrons. The van der Waals surface area contributed by atoms with E-state index in [1.807, 2.05) is 12.1 Å². The van der Waals surface area contributed by atoms with Crippen LogP contribution in [0.1, 0.15) is 36.9 Å². The molecule has 0 spiro atoms. The van der Waals surface area contributed by atoms with Crippen molar-refractivity contribution < 1.29 is 9.53 Å². The Hall–Kier alpha value is -1.55. The minimum absolute atomic E-state index is 0.0904. The molecule has 1 aromatic carbocycles. The zero-order chi connectivity index (χ0) is 13.1. The van der Waals surface area contributed by atoms with E-state index in [0.29, 0.717) is 0 Å². The molecule has 0 saturated carbocycles. The summed E-state index contributed by atoms with van der Waals surface area (Å²) in [4.78, 5) is 11.5. The van der Waals surface area contributed by atoms with Crippen molar-refractivity contribution in [3.8, 4) is 5.75 Å². The Morgan fingerprint density at radius 3 is 3.06 bits per heavy atom. The van der Waals surface area contributed by atoms with E-state index in [-0.39, 0.29) is 11.9 Å². The number of rotatable bonds is 3. The Kier molecular flexibility index (Phi) is 3.87. The van der Waals surface area contributed by atoms with Crippen LogP contribution in [0.3, 0.4) is 0 Å². The second-order valence-electron chi connectivity index (χ2n) is 4.70. The number of hydrogen-bond donors (Lipinski definition) is 2. The third-order valence-electron chi connectivity index (χ3n) is 3.43. The van der Waals surface area contributed by atoms with Gasteiger partial charge in [0.15, 0.2) is 6.10 Å². The fraction of sp³-hybridized carbons (Fsp3) is 0.500. The van der Waals surface area contributed by atoms with Gasteiger partial charge >= 0.3 is 0 Å². The van der Waals surface area contributed by atoms with Crippen LogP contribution in [0.5, 0.6) is 5.75 Å². The van der Waals surface area contributed by atoms with Gasteiger partial charge in [-0.25, -0.2) is 0 Å². The van der Waals surface area contributed by atoms with E-state index in [4.69, 9.17) is 10.5 Å². The van der Waals surface area contributed by atoms with Crippen LogP contribution in [0.25, 0.3) is 0 Å². The van der Waals surface area contributed by atoms with Gasteiger partial charge in [-0.15, -0.1) is 0 Å². The first-order valence-corrected chi connectivity index (χ1v) is 6.39. The molecule has 0 fully saturated rings. The van der Waals surface area contributed by atoms with Crippen molar-refractivity contribution in [3.63, 3.8) is 0 Å². The first-order valence-electron chi connectivity index (χ1n) is 6.39. The number of nitrogens with one attached hydrogen (secondary N) is 1. The Morgan fingerprint density at radius 1 is 1.56 bits per heavy atom. The van der Waals surface area contributed by atoms with Gasteiger partial charge < -0.3 is 15.8 Å². The second kappa shape index (κ2) is 5.40. The van der Waals surface area contributed by atoms with Gasteiger partial charge in [-0.05, 0) is 43.4 Å². The predicted octanol–water partition coefficient (Wildman–Crippen LogP) is 1.54. The SMILES string of the molecule is CNC(=O)C(C)Oc1cccc2c1CCCC2N. The number of hydrogen-bond acceptors (Lipinski definition) is 3. The van der Waals surface area contributed by atoms with Crippen molar-refractivity contribution in [3.05, 3.63) is 29.3 Å². The number of nitrogens with two attached hydrogens (primary N) is 1. The lowest BCUT2D eigenvalue weighted by Crippen LogP contribution is -2.34. The van der Waals surface area contributed by atoms with Crippen molar-refractivity contribution in [2.45, 2.75) is 38.3 Å². The number of fused-ring (bicyclic) bond motifs is 1. The van der Waals surface area contributed by atoms with Gasteiger partial charge in [0.05, 0.1) is 0 Å². The van der Waals surface area contributed by atoms with Crippen LogP contribution in [-0.4, -0.2) is 19.1 Å². The molecule has 2 atom stereocenters. The summed E-state index contributed by atoms with van der Waals surface area (Å²) in [5, 5.41) is 2.59. The largest absolute Gasteiger partial charge is 0.481 e. The van der Waals surface area contributed by atoms with E-state index >= 15 is 0 Å². The maximum Gasteiger partial charge on any atom is 0.260 e. The molecule has 0 heterocycles. The lowest BCUT2D eigenvalue weighted by atomic mass is 9.87. The van der Waals surface area contributed by atoms with E-state index in [0.717, 1.165) is 36.1 Å². The Balaban J connectivity index is 2.24. The molecule has 3 N–H and O–H groups in total. The number of likely N-dealkylation sites (N-methyl/N-ethyl adjacent to an activating group) is 1. The molecule has 0 saturated heterocycles. The van der Waals surface area contributed by atoms with Gasteiger partial charge in [0, 0.05) is 13.1 Å². The highest BCUT2D eigenvalue weighted by atomic mass is 16.5. The van der Waals surface area contributed by atoms with Gasteiger partial charge in [-0.3, -0.25) is 4.79 Å². The minimum atomic E-state index is -0.486. The smallest absolute Gasteiger partial charge is 0.260 e. The Morgan fingerprint density at radius 2 is 2.33 bits per heavy atom. The number of carbonyl (C=O) groups excluding carboxylic acids is 1. The molecule has 0 radical (unpaired) electrons. The molecule has 2 rings (SSSR count). The summed E-state index contributed by atoms with van der Waals surface area (Å²) in [5.74, 6) is 0.673. The summed E-state index contributed by atoms with van der Waals surface area (Å²) in [6, 6.07) is 6.00. The quantitative estimate of drug-likeness (QED) is 0.852. The molecule has 1 aromatic rings. The fourth-order valence-corrected chi connectivity index (χ4v) is 2.41. The number of benzene rings is 1. The minimum Gasteiger partial charge on any atom is -0.481 e. The average Bonchev–Trinajstić information content (AvgIpc) is 2.39. The summed E-state index contributed by atoms with van der Waals surface area (Å²) >= 11 is 0. The third kappa shape index (κ3) is 2.48. The molecule has 1 aliphatic rings. The molecule has 0 aromatic heterocycles. The van der Waals surface area contributed by atoms with Crippen LogP contribution >= 0.6 is 0 Å². The predicted molar refractivity (Wildman–Crippen MR) is 70.5 cm³/mol. The summed E-state index contributed by atoms with van der Waals surface area (Å²) in [7, 11) is 1.61. The van der Waals surface area contributed by atoms with Gasteiger partial charge in [-0.1, -0.05) is 12.1 Å². The van der Waals surface area contributed by atoms with Crippen LogP contribution in [0.2, 0.25) is 0 Å². The van der Waals surface area contributed by atoms with Gasteiger partial charge in [0.2, 0.25) is 0 Å². The highest BCUT2D eigenvalue weighted by Crippen LogP contribution is 2.34. The number of amides is 1. The highest BCUT2D eigenvalue weighted by molar-refractivity contribution is 5.80. The molecule has 0 aliphatic heterocycles. The molecule has 4 nitrogen and oxygen atoms in total. The van der Waals surface area contributed by atoms with Crippen molar-refractivity contribution in [2.75, 3.05) is 7.05 Å². The lowest BCUT2D eigenvalue weighted by molar-refractivity contribution is -0.126. The summed E-state index contributed by atoms with van der Waals surface area (Å²) in [5.41, 5.74) is 8.41. The molecule has 1 amide bonds. The van der Waals surface area contributed by atoms with E-state index in [2.05, 4.69) is 11.4 Å². The summed E-state index contributed by atoms with van der Waals surface area (Å²) in [6.45, 7) is 1.75. The Labute approximate surface area is 108 Å². The molecule has 4 heteroatoms. The van der Waals surface area contributed by atoms with Crippen molar-refractivity contribution in [1.82, 2.24) is 5.32 Å². The van der Waals surface area contributed by atoms with E-state index in [1.165, 1.54) is 0 Å². The van der Waals surface area contributed by atoms with Crippen molar-refractivity contribution in [2.24, 2.45) is 5.73 Å². The maximum atomic E-state index is 11.5. The summed E-state index contributed by atoms with van der Waals surface area (Å²) in [6.07, 6.45) is 2.57. The zero-order valence-corrected chi connectivity index (χ0v) is 10.9. The van der Waals surface area contributed by atoms with Crippen molar-refractivity contribution >= 4 is 5.91 Å². The van der Waals surface area contributed by atoms with Gasteiger partial charge in [0.1, 0.15) is 5.75 Å². The molecule has 2 unspecified atom stereocenters. The van der Waals surface area contributed by atoms with Crippen LogP contribution in [-0.2, 0) is 11.2 Å². The first-order chi connectivity index (χ1) is 8.63. The lowest BCUT2D eigenvalue weighted by Gasteiger charge is -2.25. The highest BCUT2D eigenvalue weighted by Gasteiger charge is 2.22. The first kappa shape index (κ1) is 12.9. The van der Waals surface area contributed by atoms with E-state index < -0.39 is 6.10 Å². The molecule has 0 bridgehead atoms. The average molecular weight is 248 g/mol. The number of carbonyl (C=O) groups is 1. The normalized spacial score (nSPS) is 19.8. The maximum absolute atomic E-state index is 11.5. The topological polar surface area (TPSA) is 64.3 Å². The number of ether oxygens (including phenoxy) is 1. The molecule has 1 aliphatic carbocycles. The Bertz CT molecular complexity index is 445.